The van der Waals surface area contributed by atoms with Crippen LogP contribution < -0.4 is 15.3 Å². The predicted octanol–water partition coefficient (Wildman–Crippen LogP) is 1.66. The van der Waals surface area contributed by atoms with Gasteiger partial charge in [-0.1, -0.05) is 18.2 Å². The molecule has 3 rings (SSSR count). The first-order chi connectivity index (χ1) is 12.3. The fraction of sp³-hybridized carbons (Fsp3) is 0.250. The van der Waals surface area contributed by atoms with Gasteiger partial charge in [-0.3, -0.25) is 9.59 Å². The number of nitrogens with one attached hydrogen (secondary N) is 1. The van der Waals surface area contributed by atoms with Gasteiger partial charge in [0.1, 0.15) is 0 Å². The van der Waals surface area contributed by atoms with E-state index in [0.29, 0.717) is 12.2 Å². The number of carbonyl (C=O) groups is 3. The monoisotopic (exact) mass is 351 g/mol. The molecule has 6 nitrogen and oxygen atoms in total. The number of aryl methyl sites for hydroxylation is 2. The lowest BCUT2D eigenvalue weighted by Gasteiger charge is -2.18. The Hall–Kier alpha value is -3.15. The van der Waals surface area contributed by atoms with E-state index in [-0.39, 0.29) is 23.8 Å². The van der Waals surface area contributed by atoms with Crippen LogP contribution in [0.15, 0.2) is 42.5 Å². The first-order valence-corrected chi connectivity index (χ1v) is 8.35. The summed E-state index contributed by atoms with van der Waals surface area (Å²) in [5.74, 6) is -2.20. The van der Waals surface area contributed by atoms with Crippen molar-refractivity contribution in [2.75, 3.05) is 16.8 Å². The van der Waals surface area contributed by atoms with Gasteiger partial charge >= 0.3 is 0 Å². The first kappa shape index (κ1) is 17.7. The van der Waals surface area contributed by atoms with Crippen molar-refractivity contribution >= 4 is 29.2 Å². The fourth-order valence-electron chi connectivity index (χ4n) is 2.99. The quantitative estimate of drug-likeness (QED) is 0.907. The van der Waals surface area contributed by atoms with Gasteiger partial charge < -0.3 is 20.1 Å². The van der Waals surface area contributed by atoms with E-state index in [1.54, 1.807) is 11.0 Å². The Bertz CT molecular complexity index is 891. The van der Waals surface area contributed by atoms with Crippen molar-refractivity contribution < 1.29 is 19.5 Å². The minimum absolute atomic E-state index is 0.0120. The van der Waals surface area contributed by atoms with Crippen molar-refractivity contribution in [3.63, 3.8) is 0 Å². The molecule has 1 fully saturated rings. The molecule has 0 radical (unpaired) electrons. The lowest BCUT2D eigenvalue weighted by Crippen LogP contribution is -2.28. The van der Waals surface area contributed by atoms with Gasteiger partial charge in [-0.15, -0.1) is 0 Å². The highest BCUT2D eigenvalue weighted by Gasteiger charge is 2.35. The number of carbonyl (C=O) groups excluding carboxylic acids is 3. The van der Waals surface area contributed by atoms with E-state index in [0.717, 1.165) is 16.8 Å². The lowest BCUT2D eigenvalue weighted by molar-refractivity contribution is -0.255. The van der Waals surface area contributed by atoms with Crippen LogP contribution in [0.1, 0.15) is 27.9 Å². The zero-order valence-corrected chi connectivity index (χ0v) is 14.6. The number of amides is 2. The van der Waals surface area contributed by atoms with E-state index in [1.807, 2.05) is 32.0 Å². The predicted molar refractivity (Wildman–Crippen MR) is 95.8 cm³/mol. The molecule has 0 unspecified atom stereocenters. The molecule has 26 heavy (non-hydrogen) atoms. The van der Waals surface area contributed by atoms with E-state index in [1.165, 1.54) is 18.2 Å². The Kier molecular flexibility index (Phi) is 4.75. The number of carboxylic acids is 1. The summed E-state index contributed by atoms with van der Waals surface area (Å²) in [7, 11) is 0. The molecule has 0 saturated carbocycles. The van der Waals surface area contributed by atoms with Crippen molar-refractivity contribution in [1.29, 1.82) is 0 Å². The second-order valence-corrected chi connectivity index (χ2v) is 6.53. The summed E-state index contributed by atoms with van der Waals surface area (Å²) in [6.45, 7) is 4.28. The largest absolute Gasteiger partial charge is 0.545 e. The zero-order valence-electron chi connectivity index (χ0n) is 14.6. The lowest BCUT2D eigenvalue weighted by atomic mass is 10.1. The van der Waals surface area contributed by atoms with E-state index in [9.17, 15) is 19.5 Å². The second-order valence-electron chi connectivity index (χ2n) is 6.53. The van der Waals surface area contributed by atoms with Crippen molar-refractivity contribution in [2.24, 2.45) is 5.92 Å². The maximum absolute atomic E-state index is 12.5. The smallest absolute Gasteiger partial charge is 0.229 e. The molecule has 0 aliphatic carbocycles. The van der Waals surface area contributed by atoms with Crippen molar-refractivity contribution in [3.8, 4) is 0 Å². The molecule has 2 aromatic rings. The molecule has 134 valence electrons. The number of rotatable bonds is 4. The van der Waals surface area contributed by atoms with Crippen molar-refractivity contribution in [1.82, 2.24) is 0 Å². The Morgan fingerprint density at radius 1 is 1.12 bits per heavy atom. The molecule has 1 atom stereocenters. The summed E-state index contributed by atoms with van der Waals surface area (Å²) in [5, 5.41) is 13.6. The van der Waals surface area contributed by atoms with Crippen LogP contribution in [0, 0.1) is 19.8 Å². The Labute approximate surface area is 151 Å². The van der Waals surface area contributed by atoms with Crippen LogP contribution in [0.5, 0.6) is 0 Å². The third kappa shape index (κ3) is 3.59. The molecular weight excluding hydrogens is 332 g/mol. The summed E-state index contributed by atoms with van der Waals surface area (Å²) in [4.78, 5) is 37.4. The van der Waals surface area contributed by atoms with Gasteiger partial charge in [-0.05, 0) is 54.8 Å². The van der Waals surface area contributed by atoms with E-state index >= 15 is 0 Å². The highest BCUT2D eigenvalue weighted by atomic mass is 16.4. The number of carboxylic acid groups (broad SMARTS) is 1. The van der Waals surface area contributed by atoms with Gasteiger partial charge in [-0.2, -0.15) is 0 Å². The number of nitrogens with zero attached hydrogens (tertiary/aromatic N) is 1. The molecule has 0 spiro atoms. The van der Waals surface area contributed by atoms with E-state index in [2.05, 4.69) is 5.32 Å². The van der Waals surface area contributed by atoms with Crippen LogP contribution in [0.25, 0.3) is 0 Å². The van der Waals surface area contributed by atoms with Crippen LogP contribution in [0.3, 0.4) is 0 Å². The highest BCUT2D eigenvalue weighted by Crippen LogP contribution is 2.27. The number of hydrogen-bond donors (Lipinski definition) is 1. The van der Waals surface area contributed by atoms with Crippen LogP contribution in [-0.4, -0.2) is 24.3 Å². The van der Waals surface area contributed by atoms with Crippen LogP contribution in [0.2, 0.25) is 0 Å². The minimum atomic E-state index is -1.31. The Morgan fingerprint density at radius 2 is 1.88 bits per heavy atom. The number of benzene rings is 2. The van der Waals surface area contributed by atoms with Crippen molar-refractivity contribution in [2.45, 2.75) is 20.3 Å². The average Bonchev–Trinajstić information content (AvgIpc) is 2.99. The first-order valence-electron chi connectivity index (χ1n) is 8.35. The van der Waals surface area contributed by atoms with Gasteiger partial charge in [0.25, 0.3) is 0 Å². The molecule has 1 N–H and O–H groups in total. The molecule has 0 aromatic heterocycles. The number of aromatic carboxylic acids is 1. The average molecular weight is 351 g/mol. The summed E-state index contributed by atoms with van der Waals surface area (Å²) in [6.07, 6.45) is 0.124. The summed E-state index contributed by atoms with van der Waals surface area (Å²) in [6, 6.07) is 11.6. The molecule has 1 aliphatic heterocycles. The summed E-state index contributed by atoms with van der Waals surface area (Å²) in [5.41, 5.74) is 3.37. The zero-order chi connectivity index (χ0) is 18.8. The van der Waals surface area contributed by atoms with Gasteiger partial charge in [0.05, 0.1) is 11.9 Å². The molecule has 0 bridgehead atoms. The normalized spacial score (nSPS) is 16.6. The standard InChI is InChI=1S/C20H20N2O4/c1-12-6-7-17(8-13(12)2)22-11-15(10-18(22)23)19(24)21-16-5-3-4-14(9-16)20(25)26/h3-9,15H,10-11H2,1-2H3,(H,21,24)(H,25,26)/p-1/t15-/m0/s1. The van der Waals surface area contributed by atoms with E-state index < -0.39 is 11.9 Å². The van der Waals surface area contributed by atoms with Gasteiger partial charge in [0.2, 0.25) is 11.8 Å². The topological polar surface area (TPSA) is 89.5 Å². The fourth-order valence-corrected chi connectivity index (χ4v) is 2.99. The number of anilines is 2. The molecule has 1 aliphatic rings. The second kappa shape index (κ2) is 7.00. The molecule has 2 aromatic carbocycles. The molecule has 1 heterocycles. The Balaban J connectivity index is 1.71. The maximum Gasteiger partial charge on any atom is 0.229 e. The SMILES string of the molecule is Cc1ccc(N2C[C@@H](C(=O)Nc3cccc(C(=O)[O-])c3)CC2=O)cc1C. The molecular formula is C20H19N2O4-. The Morgan fingerprint density at radius 3 is 2.58 bits per heavy atom. The van der Waals surface area contributed by atoms with Crippen LogP contribution in [0.4, 0.5) is 11.4 Å². The minimum Gasteiger partial charge on any atom is -0.545 e. The highest BCUT2D eigenvalue weighted by molar-refractivity contribution is 6.03. The molecule has 1 saturated heterocycles. The molecule has 2 amide bonds. The van der Waals surface area contributed by atoms with Crippen LogP contribution >= 0.6 is 0 Å². The van der Waals surface area contributed by atoms with Gasteiger partial charge in [0, 0.05) is 24.3 Å². The summed E-state index contributed by atoms with van der Waals surface area (Å²) >= 11 is 0. The third-order valence-corrected chi connectivity index (χ3v) is 4.66. The van der Waals surface area contributed by atoms with Crippen LogP contribution in [-0.2, 0) is 9.59 Å². The third-order valence-electron chi connectivity index (χ3n) is 4.66. The van der Waals surface area contributed by atoms with Gasteiger partial charge in [0.15, 0.2) is 0 Å². The summed E-state index contributed by atoms with van der Waals surface area (Å²) < 4.78 is 0. The maximum atomic E-state index is 12.5. The van der Waals surface area contributed by atoms with E-state index in [4.69, 9.17) is 0 Å². The number of hydrogen-bond acceptors (Lipinski definition) is 4. The van der Waals surface area contributed by atoms with Gasteiger partial charge in [-0.25, -0.2) is 0 Å². The van der Waals surface area contributed by atoms with Crippen molar-refractivity contribution in [3.05, 3.63) is 59.2 Å². The molecule has 6 heteroatoms.